The minimum absolute atomic E-state index is 0.0715. The number of hydrogen-bond acceptors (Lipinski definition) is 2. The molecule has 25 heavy (non-hydrogen) atoms. The van der Waals surface area contributed by atoms with Crippen LogP contribution in [0, 0.1) is 18.8 Å². The summed E-state index contributed by atoms with van der Waals surface area (Å²) in [5.41, 5.74) is 3.30. The third kappa shape index (κ3) is 3.99. The molecule has 1 aliphatic heterocycles. The van der Waals surface area contributed by atoms with Gasteiger partial charge in [0.05, 0.1) is 6.54 Å². The van der Waals surface area contributed by atoms with Crippen LogP contribution < -0.4 is 15.5 Å². The number of anilines is 1. The highest BCUT2D eigenvalue weighted by atomic mass is 16.2. The minimum Gasteiger partial charge on any atom is -0.341 e. The summed E-state index contributed by atoms with van der Waals surface area (Å²) in [6.07, 6.45) is 0. The fourth-order valence-corrected chi connectivity index (χ4v) is 2.64. The van der Waals surface area contributed by atoms with Crippen molar-refractivity contribution < 1.29 is 9.59 Å². The van der Waals surface area contributed by atoms with Crippen LogP contribution in [0.4, 0.5) is 10.5 Å². The maximum atomic E-state index is 12.1. The van der Waals surface area contributed by atoms with Crippen LogP contribution in [0.5, 0.6) is 0 Å². The summed E-state index contributed by atoms with van der Waals surface area (Å²) >= 11 is 0. The molecule has 5 nitrogen and oxygen atoms in total. The van der Waals surface area contributed by atoms with Crippen LogP contribution in [0.25, 0.3) is 0 Å². The van der Waals surface area contributed by atoms with E-state index in [1.165, 1.54) is 0 Å². The van der Waals surface area contributed by atoms with Crippen LogP contribution in [-0.4, -0.2) is 31.6 Å². The average molecular weight is 333 g/mol. The standard InChI is InChI=1S/C20H19N3O2/c1-15-5-2-3-7-18(15)19(24)21-12-4-6-16-8-10-17(11-9-16)23-14-13-22-20(23)25/h2-3,5,7-11H,12-14H2,1H3,(H,21,24)(H,22,25). The predicted molar refractivity (Wildman–Crippen MR) is 97.6 cm³/mol. The average Bonchev–Trinajstić information content (AvgIpc) is 3.05. The van der Waals surface area contributed by atoms with E-state index in [2.05, 4.69) is 22.5 Å². The Balaban J connectivity index is 1.56. The third-order valence-corrected chi connectivity index (χ3v) is 4.00. The van der Waals surface area contributed by atoms with Crippen LogP contribution in [0.3, 0.4) is 0 Å². The van der Waals surface area contributed by atoms with Gasteiger partial charge in [-0.25, -0.2) is 4.79 Å². The van der Waals surface area contributed by atoms with Crippen molar-refractivity contribution in [1.29, 1.82) is 0 Å². The highest BCUT2D eigenvalue weighted by Crippen LogP contribution is 2.16. The zero-order chi connectivity index (χ0) is 17.6. The zero-order valence-corrected chi connectivity index (χ0v) is 14.0. The second kappa shape index (κ2) is 7.54. The molecule has 2 aromatic carbocycles. The predicted octanol–water partition coefficient (Wildman–Crippen LogP) is 2.31. The van der Waals surface area contributed by atoms with Crippen molar-refractivity contribution in [2.75, 3.05) is 24.5 Å². The lowest BCUT2D eigenvalue weighted by Crippen LogP contribution is -2.27. The lowest BCUT2D eigenvalue weighted by Gasteiger charge is -2.13. The van der Waals surface area contributed by atoms with Crippen molar-refractivity contribution in [2.45, 2.75) is 6.92 Å². The molecule has 5 heteroatoms. The van der Waals surface area contributed by atoms with Gasteiger partial charge in [0.25, 0.3) is 5.91 Å². The Morgan fingerprint density at radius 3 is 2.64 bits per heavy atom. The Hall–Kier alpha value is -3.26. The number of carbonyl (C=O) groups is 2. The van der Waals surface area contributed by atoms with E-state index in [0.717, 1.165) is 16.8 Å². The summed E-state index contributed by atoms with van der Waals surface area (Å²) in [5, 5.41) is 5.57. The fourth-order valence-electron chi connectivity index (χ4n) is 2.64. The molecule has 1 fully saturated rings. The van der Waals surface area contributed by atoms with E-state index in [0.29, 0.717) is 18.7 Å². The van der Waals surface area contributed by atoms with E-state index >= 15 is 0 Å². The minimum atomic E-state index is -0.122. The van der Waals surface area contributed by atoms with Gasteiger partial charge < -0.3 is 10.6 Å². The SMILES string of the molecule is Cc1ccccc1C(=O)NCC#Cc1ccc(N2CCNC2=O)cc1. The summed E-state index contributed by atoms with van der Waals surface area (Å²) in [6.45, 7) is 3.53. The number of nitrogens with one attached hydrogen (secondary N) is 2. The topological polar surface area (TPSA) is 61.4 Å². The van der Waals surface area contributed by atoms with Gasteiger partial charge in [0.2, 0.25) is 0 Å². The Bertz CT molecular complexity index is 847. The molecule has 1 saturated heterocycles. The number of urea groups is 1. The van der Waals surface area contributed by atoms with Gasteiger partial charge in [0, 0.05) is 29.9 Å². The Kier molecular flexibility index (Phi) is 5.00. The van der Waals surface area contributed by atoms with Gasteiger partial charge in [-0.1, -0.05) is 30.0 Å². The van der Waals surface area contributed by atoms with Gasteiger partial charge in [-0.05, 0) is 42.8 Å². The van der Waals surface area contributed by atoms with Gasteiger partial charge in [-0.3, -0.25) is 9.69 Å². The monoisotopic (exact) mass is 333 g/mol. The molecule has 1 heterocycles. The molecule has 3 rings (SSSR count). The van der Waals surface area contributed by atoms with Crippen LogP contribution in [0.2, 0.25) is 0 Å². The number of carbonyl (C=O) groups excluding carboxylic acids is 2. The van der Waals surface area contributed by atoms with Gasteiger partial charge >= 0.3 is 6.03 Å². The molecule has 0 radical (unpaired) electrons. The van der Waals surface area contributed by atoms with Crippen LogP contribution in [0.1, 0.15) is 21.5 Å². The molecule has 1 aliphatic rings. The van der Waals surface area contributed by atoms with E-state index < -0.39 is 0 Å². The van der Waals surface area contributed by atoms with E-state index in [1.807, 2.05) is 49.4 Å². The molecule has 0 aliphatic carbocycles. The van der Waals surface area contributed by atoms with Crippen LogP contribution in [-0.2, 0) is 0 Å². The molecule has 0 atom stereocenters. The number of rotatable bonds is 3. The van der Waals surface area contributed by atoms with Crippen LogP contribution in [0.15, 0.2) is 48.5 Å². The Morgan fingerprint density at radius 1 is 1.20 bits per heavy atom. The molecule has 0 unspecified atom stereocenters. The van der Waals surface area contributed by atoms with Gasteiger partial charge in [0.15, 0.2) is 0 Å². The molecule has 0 aromatic heterocycles. The number of benzene rings is 2. The number of aryl methyl sites for hydroxylation is 1. The molecule has 2 aromatic rings. The first-order chi connectivity index (χ1) is 12.1. The van der Waals surface area contributed by atoms with Crippen molar-refractivity contribution in [3.8, 4) is 11.8 Å². The lowest BCUT2D eigenvalue weighted by atomic mass is 10.1. The highest BCUT2D eigenvalue weighted by molar-refractivity contribution is 5.95. The van der Waals surface area contributed by atoms with Crippen molar-refractivity contribution in [3.63, 3.8) is 0 Å². The second-order valence-electron chi connectivity index (χ2n) is 5.73. The zero-order valence-electron chi connectivity index (χ0n) is 14.0. The molecule has 0 spiro atoms. The van der Waals surface area contributed by atoms with Gasteiger partial charge in [-0.2, -0.15) is 0 Å². The maximum Gasteiger partial charge on any atom is 0.321 e. The second-order valence-corrected chi connectivity index (χ2v) is 5.73. The Labute approximate surface area is 147 Å². The lowest BCUT2D eigenvalue weighted by molar-refractivity contribution is 0.0958. The third-order valence-electron chi connectivity index (χ3n) is 4.00. The molecule has 3 amide bonds. The summed E-state index contributed by atoms with van der Waals surface area (Å²) in [5.74, 6) is 5.83. The Morgan fingerprint density at radius 2 is 1.96 bits per heavy atom. The highest BCUT2D eigenvalue weighted by Gasteiger charge is 2.20. The fraction of sp³-hybridized carbons (Fsp3) is 0.200. The van der Waals surface area contributed by atoms with E-state index in [9.17, 15) is 9.59 Å². The van der Waals surface area contributed by atoms with Crippen molar-refractivity contribution in [3.05, 3.63) is 65.2 Å². The molecule has 0 saturated carbocycles. The molecule has 2 N–H and O–H groups in total. The molecule has 126 valence electrons. The van der Waals surface area contributed by atoms with Crippen molar-refractivity contribution in [1.82, 2.24) is 10.6 Å². The first-order valence-corrected chi connectivity index (χ1v) is 8.13. The summed E-state index contributed by atoms with van der Waals surface area (Å²) in [4.78, 5) is 25.4. The molecular formula is C20H19N3O2. The van der Waals surface area contributed by atoms with Gasteiger partial charge in [0.1, 0.15) is 0 Å². The maximum absolute atomic E-state index is 12.1. The van der Waals surface area contributed by atoms with E-state index in [-0.39, 0.29) is 18.5 Å². The first kappa shape index (κ1) is 16.6. The normalized spacial score (nSPS) is 13.0. The van der Waals surface area contributed by atoms with E-state index in [1.54, 1.807) is 11.0 Å². The number of amides is 3. The summed E-state index contributed by atoms with van der Waals surface area (Å²) in [6, 6.07) is 14.9. The molecule has 0 bridgehead atoms. The smallest absolute Gasteiger partial charge is 0.321 e. The van der Waals surface area contributed by atoms with Crippen molar-refractivity contribution >= 4 is 17.6 Å². The quantitative estimate of drug-likeness (QED) is 0.847. The first-order valence-electron chi connectivity index (χ1n) is 8.13. The van der Waals surface area contributed by atoms with E-state index in [4.69, 9.17) is 0 Å². The van der Waals surface area contributed by atoms with Gasteiger partial charge in [-0.15, -0.1) is 0 Å². The molecular weight excluding hydrogens is 314 g/mol. The van der Waals surface area contributed by atoms with Crippen molar-refractivity contribution in [2.24, 2.45) is 0 Å². The number of hydrogen-bond donors (Lipinski definition) is 2. The summed E-state index contributed by atoms with van der Waals surface area (Å²) < 4.78 is 0. The van der Waals surface area contributed by atoms with Crippen LogP contribution >= 0.6 is 0 Å². The largest absolute Gasteiger partial charge is 0.341 e. The summed E-state index contributed by atoms with van der Waals surface area (Å²) in [7, 11) is 0. The number of nitrogens with zero attached hydrogens (tertiary/aromatic N) is 1.